The molecule has 0 bridgehead atoms. The second kappa shape index (κ2) is 8.79. The molecule has 0 radical (unpaired) electrons. The normalized spacial score (nSPS) is 16.7. The lowest BCUT2D eigenvalue weighted by Gasteiger charge is -2.36. The summed E-state index contributed by atoms with van der Waals surface area (Å²) in [5.41, 5.74) is 1.10. The zero-order chi connectivity index (χ0) is 16.7. The van der Waals surface area contributed by atoms with Crippen LogP contribution in [0, 0.1) is 0 Å². The van der Waals surface area contributed by atoms with Gasteiger partial charge in [-0.2, -0.15) is 0 Å². The highest BCUT2D eigenvalue weighted by atomic mass is 16.5. The fourth-order valence-corrected chi connectivity index (χ4v) is 3.14. The molecule has 1 saturated heterocycles. The molecule has 1 atom stereocenters. The maximum absolute atomic E-state index is 5.65. The van der Waals surface area contributed by atoms with Crippen LogP contribution in [0.4, 0.5) is 0 Å². The Labute approximate surface area is 139 Å². The van der Waals surface area contributed by atoms with E-state index in [1.807, 2.05) is 18.2 Å². The highest BCUT2D eigenvalue weighted by molar-refractivity contribution is 5.52. The molecule has 1 aliphatic rings. The smallest absolute Gasteiger partial charge is 0.131 e. The second-order valence-electron chi connectivity index (χ2n) is 5.61. The van der Waals surface area contributed by atoms with E-state index >= 15 is 0 Å². The van der Waals surface area contributed by atoms with E-state index in [4.69, 9.17) is 14.2 Å². The van der Waals surface area contributed by atoms with Gasteiger partial charge in [0.1, 0.15) is 17.2 Å². The van der Waals surface area contributed by atoms with Crippen molar-refractivity contribution in [2.24, 2.45) is 0 Å². The SMILES string of the molecule is C=CCC[C@@H](c1c(OC)cc(OC)cc1OC)N1CCNCC1. The molecular weight excluding hydrogens is 292 g/mol. The third-order valence-electron chi connectivity index (χ3n) is 4.32. The number of hydrogen-bond acceptors (Lipinski definition) is 5. The number of allylic oxidation sites excluding steroid dienone is 1. The number of hydrogen-bond donors (Lipinski definition) is 1. The fraction of sp³-hybridized carbons (Fsp3) is 0.556. The largest absolute Gasteiger partial charge is 0.496 e. The van der Waals surface area contributed by atoms with Gasteiger partial charge in [0.25, 0.3) is 0 Å². The topological polar surface area (TPSA) is 43.0 Å². The van der Waals surface area contributed by atoms with Gasteiger partial charge in [-0.05, 0) is 12.8 Å². The Morgan fingerprint density at radius 3 is 2.22 bits per heavy atom. The number of benzene rings is 1. The predicted molar refractivity (Wildman–Crippen MR) is 92.7 cm³/mol. The van der Waals surface area contributed by atoms with Crippen LogP contribution in [0.1, 0.15) is 24.4 Å². The van der Waals surface area contributed by atoms with E-state index in [1.54, 1.807) is 21.3 Å². The summed E-state index contributed by atoms with van der Waals surface area (Å²) in [7, 11) is 5.04. The van der Waals surface area contributed by atoms with Gasteiger partial charge in [0.15, 0.2) is 0 Å². The van der Waals surface area contributed by atoms with Gasteiger partial charge < -0.3 is 19.5 Å². The molecule has 0 spiro atoms. The Morgan fingerprint density at radius 1 is 1.13 bits per heavy atom. The predicted octanol–water partition coefficient (Wildman–Crippen LogP) is 2.62. The Morgan fingerprint density at radius 2 is 1.74 bits per heavy atom. The van der Waals surface area contributed by atoms with Crippen molar-refractivity contribution in [2.45, 2.75) is 18.9 Å². The van der Waals surface area contributed by atoms with Gasteiger partial charge in [-0.3, -0.25) is 4.90 Å². The van der Waals surface area contributed by atoms with Crippen molar-refractivity contribution in [1.29, 1.82) is 0 Å². The van der Waals surface area contributed by atoms with Crippen LogP contribution in [0.25, 0.3) is 0 Å². The molecule has 0 aromatic heterocycles. The molecule has 1 heterocycles. The average molecular weight is 320 g/mol. The minimum Gasteiger partial charge on any atom is -0.496 e. The van der Waals surface area contributed by atoms with E-state index in [1.165, 1.54) is 0 Å². The highest BCUT2D eigenvalue weighted by Crippen LogP contribution is 2.42. The van der Waals surface area contributed by atoms with Crippen LogP contribution in [-0.4, -0.2) is 52.4 Å². The Balaban J connectivity index is 2.44. The van der Waals surface area contributed by atoms with Crippen LogP contribution in [0.5, 0.6) is 17.2 Å². The molecule has 1 aromatic rings. The van der Waals surface area contributed by atoms with Gasteiger partial charge in [0, 0.05) is 44.4 Å². The standard InChI is InChI=1S/C18H28N2O3/c1-5-6-7-15(20-10-8-19-9-11-20)18-16(22-3)12-14(21-2)13-17(18)23-4/h5,12-13,15,19H,1,6-11H2,2-4H3/t15-/m0/s1. The molecule has 128 valence electrons. The first-order valence-electron chi connectivity index (χ1n) is 8.10. The molecule has 1 aliphatic heterocycles. The third kappa shape index (κ3) is 4.18. The molecule has 5 nitrogen and oxygen atoms in total. The van der Waals surface area contributed by atoms with E-state index in [0.29, 0.717) is 0 Å². The van der Waals surface area contributed by atoms with Crippen molar-refractivity contribution in [1.82, 2.24) is 10.2 Å². The van der Waals surface area contributed by atoms with Crippen molar-refractivity contribution >= 4 is 0 Å². The van der Waals surface area contributed by atoms with Crippen molar-refractivity contribution in [3.8, 4) is 17.2 Å². The highest BCUT2D eigenvalue weighted by Gasteiger charge is 2.28. The quantitative estimate of drug-likeness (QED) is 0.746. The summed E-state index contributed by atoms with van der Waals surface area (Å²) in [4.78, 5) is 2.49. The lowest BCUT2D eigenvalue weighted by molar-refractivity contribution is 0.160. The molecule has 5 heteroatoms. The summed E-state index contributed by atoms with van der Waals surface area (Å²) in [6.45, 7) is 7.91. The lowest BCUT2D eigenvalue weighted by Crippen LogP contribution is -2.45. The van der Waals surface area contributed by atoms with Gasteiger partial charge in [-0.15, -0.1) is 6.58 Å². The summed E-state index contributed by atoms with van der Waals surface area (Å²) in [5.74, 6) is 2.37. The van der Waals surface area contributed by atoms with Crippen LogP contribution in [0.2, 0.25) is 0 Å². The number of piperazine rings is 1. The Kier molecular flexibility index (Phi) is 6.74. The van der Waals surface area contributed by atoms with Crippen LogP contribution in [0.15, 0.2) is 24.8 Å². The van der Waals surface area contributed by atoms with Gasteiger partial charge in [-0.1, -0.05) is 6.08 Å². The average Bonchev–Trinajstić information content (AvgIpc) is 2.62. The number of ether oxygens (including phenoxy) is 3. The lowest BCUT2D eigenvalue weighted by atomic mass is 9.97. The van der Waals surface area contributed by atoms with Crippen molar-refractivity contribution in [3.63, 3.8) is 0 Å². The van der Waals surface area contributed by atoms with Crippen LogP contribution in [-0.2, 0) is 0 Å². The summed E-state index contributed by atoms with van der Waals surface area (Å²) >= 11 is 0. The molecule has 0 unspecified atom stereocenters. The molecule has 1 aromatic carbocycles. The maximum atomic E-state index is 5.65. The van der Waals surface area contributed by atoms with E-state index < -0.39 is 0 Å². The van der Waals surface area contributed by atoms with E-state index in [-0.39, 0.29) is 6.04 Å². The van der Waals surface area contributed by atoms with Crippen molar-refractivity contribution in [2.75, 3.05) is 47.5 Å². The molecule has 2 rings (SSSR count). The van der Waals surface area contributed by atoms with Gasteiger partial charge >= 0.3 is 0 Å². The molecular formula is C18H28N2O3. The minimum atomic E-state index is 0.242. The molecule has 0 amide bonds. The van der Waals surface area contributed by atoms with Crippen molar-refractivity contribution in [3.05, 3.63) is 30.4 Å². The zero-order valence-corrected chi connectivity index (χ0v) is 14.4. The molecule has 1 fully saturated rings. The molecule has 1 N–H and O–H groups in total. The second-order valence-corrected chi connectivity index (χ2v) is 5.61. The molecule has 0 saturated carbocycles. The summed E-state index contributed by atoms with van der Waals surface area (Å²) in [5, 5.41) is 3.41. The van der Waals surface area contributed by atoms with Crippen LogP contribution >= 0.6 is 0 Å². The number of nitrogens with one attached hydrogen (secondary N) is 1. The number of rotatable bonds is 8. The van der Waals surface area contributed by atoms with E-state index in [2.05, 4.69) is 16.8 Å². The summed E-state index contributed by atoms with van der Waals surface area (Å²) in [6.07, 6.45) is 3.91. The van der Waals surface area contributed by atoms with Crippen LogP contribution < -0.4 is 19.5 Å². The maximum Gasteiger partial charge on any atom is 0.131 e. The first kappa shape index (κ1) is 17.6. The number of methoxy groups -OCH3 is 3. The summed E-state index contributed by atoms with van der Waals surface area (Å²) in [6, 6.07) is 4.10. The van der Waals surface area contributed by atoms with Gasteiger partial charge in [0.2, 0.25) is 0 Å². The first-order chi connectivity index (χ1) is 11.2. The van der Waals surface area contributed by atoms with E-state index in [0.717, 1.165) is 61.8 Å². The van der Waals surface area contributed by atoms with Gasteiger partial charge in [-0.25, -0.2) is 0 Å². The Hall–Kier alpha value is -1.72. The monoisotopic (exact) mass is 320 g/mol. The zero-order valence-electron chi connectivity index (χ0n) is 14.4. The molecule has 23 heavy (non-hydrogen) atoms. The fourth-order valence-electron chi connectivity index (χ4n) is 3.14. The van der Waals surface area contributed by atoms with Crippen molar-refractivity contribution < 1.29 is 14.2 Å². The summed E-state index contributed by atoms with van der Waals surface area (Å²) < 4.78 is 16.7. The van der Waals surface area contributed by atoms with Crippen LogP contribution in [0.3, 0.4) is 0 Å². The van der Waals surface area contributed by atoms with Gasteiger partial charge in [0.05, 0.1) is 26.9 Å². The minimum absolute atomic E-state index is 0.242. The first-order valence-corrected chi connectivity index (χ1v) is 8.10. The Bertz CT molecular complexity index is 488. The number of nitrogens with zero attached hydrogens (tertiary/aromatic N) is 1. The molecule has 0 aliphatic carbocycles. The third-order valence-corrected chi connectivity index (χ3v) is 4.32. The van der Waals surface area contributed by atoms with E-state index in [9.17, 15) is 0 Å².